The van der Waals surface area contributed by atoms with Crippen molar-refractivity contribution in [1.29, 1.82) is 0 Å². The van der Waals surface area contributed by atoms with Gasteiger partial charge in [0.05, 0.1) is 16.1 Å². The van der Waals surface area contributed by atoms with E-state index in [2.05, 4.69) is 9.88 Å². The van der Waals surface area contributed by atoms with Crippen molar-refractivity contribution in [3.8, 4) is 0 Å². The van der Waals surface area contributed by atoms with Crippen molar-refractivity contribution in [2.24, 2.45) is 0 Å². The van der Waals surface area contributed by atoms with Gasteiger partial charge < -0.3 is 10.1 Å². The summed E-state index contributed by atoms with van der Waals surface area (Å²) in [4.78, 5) is 5.70. The summed E-state index contributed by atoms with van der Waals surface area (Å²) in [6.07, 6.45) is 0.248. The Morgan fingerprint density at radius 1 is 1.16 bits per heavy atom. The van der Waals surface area contributed by atoms with E-state index in [4.69, 9.17) is 34.8 Å². The highest BCUT2D eigenvalue weighted by Gasteiger charge is 2.24. The molecule has 0 saturated carbocycles. The number of H-pyrrole nitrogens is 1. The number of benzene rings is 2. The minimum atomic E-state index is -0.674. The van der Waals surface area contributed by atoms with Crippen molar-refractivity contribution < 1.29 is 5.11 Å². The van der Waals surface area contributed by atoms with Gasteiger partial charge in [-0.05, 0) is 36.2 Å². The topological polar surface area (TPSA) is 39.3 Å². The highest BCUT2D eigenvalue weighted by atomic mass is 35.5. The van der Waals surface area contributed by atoms with Crippen molar-refractivity contribution in [1.82, 2.24) is 9.88 Å². The number of nitrogens with one attached hydrogen (secondary N) is 1. The van der Waals surface area contributed by atoms with Crippen LogP contribution in [0.2, 0.25) is 15.1 Å². The second-order valence-corrected chi connectivity index (χ2v) is 7.64. The average Bonchev–Trinajstić information content (AvgIpc) is 2.94. The molecular weight excluding hydrogens is 379 g/mol. The molecule has 25 heavy (non-hydrogen) atoms. The molecule has 1 aliphatic rings. The fourth-order valence-corrected chi connectivity index (χ4v) is 4.15. The lowest BCUT2D eigenvalue weighted by molar-refractivity contribution is 0.105. The van der Waals surface area contributed by atoms with Gasteiger partial charge >= 0.3 is 0 Å². The van der Waals surface area contributed by atoms with Crippen LogP contribution in [0.1, 0.15) is 22.9 Å². The van der Waals surface area contributed by atoms with Crippen LogP contribution < -0.4 is 0 Å². The summed E-state index contributed by atoms with van der Waals surface area (Å²) < 4.78 is 0. The Hall–Kier alpha value is -1.23. The maximum atomic E-state index is 10.6. The quantitative estimate of drug-likeness (QED) is 0.638. The zero-order chi connectivity index (χ0) is 17.6. The second-order valence-electron chi connectivity index (χ2n) is 6.42. The average molecular weight is 396 g/mol. The maximum absolute atomic E-state index is 10.6. The summed E-state index contributed by atoms with van der Waals surface area (Å²) in [6.45, 7) is 2.15. The van der Waals surface area contributed by atoms with E-state index in [1.54, 1.807) is 6.07 Å². The summed E-state index contributed by atoms with van der Waals surface area (Å²) in [7, 11) is 0. The van der Waals surface area contributed by atoms with Crippen molar-refractivity contribution in [3.05, 3.63) is 68.3 Å². The summed E-state index contributed by atoms with van der Waals surface area (Å²) in [5, 5.41) is 13.4. The lowest BCUT2D eigenvalue weighted by Crippen LogP contribution is -2.34. The van der Waals surface area contributed by atoms with Crippen molar-refractivity contribution >= 4 is 45.7 Å². The van der Waals surface area contributed by atoms with E-state index in [9.17, 15) is 5.11 Å². The number of nitrogens with zero attached hydrogens (tertiary/aromatic N) is 1. The maximum Gasteiger partial charge on any atom is 0.0931 e. The van der Waals surface area contributed by atoms with E-state index in [0.29, 0.717) is 22.2 Å². The standard InChI is InChI=1S/C19H17Cl3N2O/c20-11-4-5-16-14(8-11)12-6-7-24(9-17(12)23-16)10-18(25)13-2-1-3-15(21)19(13)22/h1-5,8,18,23,25H,6-7,9-10H2. The van der Waals surface area contributed by atoms with Gasteiger partial charge in [0.1, 0.15) is 0 Å². The molecule has 130 valence electrons. The molecule has 0 aliphatic carbocycles. The molecule has 4 rings (SSSR count). The number of fused-ring (bicyclic) bond motifs is 3. The Kier molecular flexibility index (Phi) is 4.69. The number of aromatic nitrogens is 1. The molecule has 0 spiro atoms. The normalized spacial score (nSPS) is 16.2. The number of halogens is 3. The summed E-state index contributed by atoms with van der Waals surface area (Å²) >= 11 is 18.4. The van der Waals surface area contributed by atoms with Gasteiger partial charge in [-0.25, -0.2) is 0 Å². The van der Waals surface area contributed by atoms with Gasteiger partial charge in [0.25, 0.3) is 0 Å². The summed E-state index contributed by atoms with van der Waals surface area (Å²) in [5.74, 6) is 0. The molecule has 0 saturated heterocycles. The molecule has 2 heterocycles. The molecule has 3 aromatic rings. The first kappa shape index (κ1) is 17.2. The van der Waals surface area contributed by atoms with Crippen molar-refractivity contribution in [2.75, 3.05) is 13.1 Å². The molecular formula is C19H17Cl3N2O. The SMILES string of the molecule is OC(CN1CCc2c([nH]c3ccc(Cl)cc23)C1)c1cccc(Cl)c1Cl. The minimum absolute atomic E-state index is 0.426. The first-order chi connectivity index (χ1) is 12.0. The number of rotatable bonds is 3. The monoisotopic (exact) mass is 394 g/mol. The van der Waals surface area contributed by atoms with Gasteiger partial charge in [-0.15, -0.1) is 0 Å². The van der Waals surface area contributed by atoms with Gasteiger partial charge in [0.15, 0.2) is 0 Å². The van der Waals surface area contributed by atoms with Gasteiger partial charge in [-0.3, -0.25) is 4.90 Å². The lowest BCUT2D eigenvalue weighted by Gasteiger charge is -2.29. The third kappa shape index (κ3) is 3.27. The van der Waals surface area contributed by atoms with E-state index in [0.717, 1.165) is 30.0 Å². The van der Waals surface area contributed by atoms with Crippen LogP contribution in [0.3, 0.4) is 0 Å². The van der Waals surface area contributed by atoms with Crippen LogP contribution in [0.15, 0.2) is 36.4 Å². The Morgan fingerprint density at radius 2 is 2.00 bits per heavy atom. The van der Waals surface area contributed by atoms with E-state index < -0.39 is 6.10 Å². The molecule has 6 heteroatoms. The Bertz CT molecular complexity index is 938. The van der Waals surface area contributed by atoms with Crippen molar-refractivity contribution in [3.63, 3.8) is 0 Å². The van der Waals surface area contributed by atoms with Crippen LogP contribution in [0.25, 0.3) is 10.9 Å². The predicted molar refractivity (Wildman–Crippen MR) is 104 cm³/mol. The zero-order valence-electron chi connectivity index (χ0n) is 13.4. The zero-order valence-corrected chi connectivity index (χ0v) is 15.7. The fraction of sp³-hybridized carbons (Fsp3) is 0.263. The molecule has 3 nitrogen and oxygen atoms in total. The van der Waals surface area contributed by atoms with E-state index in [1.165, 1.54) is 16.6 Å². The fourth-order valence-electron chi connectivity index (χ4n) is 3.55. The molecule has 1 unspecified atom stereocenters. The highest BCUT2D eigenvalue weighted by molar-refractivity contribution is 6.42. The number of β-amino-alcohol motifs (C(OH)–C–C–N with tert-alkyl or cyclic N) is 1. The predicted octanol–water partition coefficient (Wildman–Crippen LogP) is 5.22. The van der Waals surface area contributed by atoms with Crippen LogP contribution in [0.5, 0.6) is 0 Å². The number of aliphatic hydroxyl groups is 1. The number of hydrogen-bond donors (Lipinski definition) is 2. The van der Waals surface area contributed by atoms with Crippen LogP contribution in [-0.2, 0) is 13.0 Å². The first-order valence-corrected chi connectivity index (χ1v) is 9.29. The van der Waals surface area contributed by atoms with Gasteiger partial charge in [0.2, 0.25) is 0 Å². The Balaban J connectivity index is 1.54. The van der Waals surface area contributed by atoms with Crippen LogP contribution in [0, 0.1) is 0 Å². The van der Waals surface area contributed by atoms with Gasteiger partial charge in [0, 0.05) is 46.8 Å². The number of hydrogen-bond acceptors (Lipinski definition) is 2. The smallest absolute Gasteiger partial charge is 0.0931 e. The molecule has 1 atom stereocenters. The largest absolute Gasteiger partial charge is 0.387 e. The number of aliphatic hydroxyl groups excluding tert-OH is 1. The van der Waals surface area contributed by atoms with Gasteiger partial charge in [-0.2, -0.15) is 0 Å². The van der Waals surface area contributed by atoms with E-state index in [1.807, 2.05) is 30.3 Å². The van der Waals surface area contributed by atoms with Crippen molar-refractivity contribution in [2.45, 2.75) is 19.1 Å². The third-order valence-electron chi connectivity index (χ3n) is 4.79. The third-order valence-corrected chi connectivity index (χ3v) is 5.86. The molecule has 1 aromatic heterocycles. The van der Waals surface area contributed by atoms with Gasteiger partial charge in [-0.1, -0.05) is 46.9 Å². The van der Waals surface area contributed by atoms with E-state index >= 15 is 0 Å². The van der Waals surface area contributed by atoms with E-state index in [-0.39, 0.29) is 0 Å². The Morgan fingerprint density at radius 3 is 2.84 bits per heavy atom. The number of aromatic amines is 1. The summed E-state index contributed by atoms with van der Waals surface area (Å²) in [5.41, 5.74) is 4.29. The Labute approximate surface area is 161 Å². The van der Waals surface area contributed by atoms with Crippen LogP contribution in [0.4, 0.5) is 0 Å². The second kappa shape index (κ2) is 6.82. The molecule has 2 N–H and O–H groups in total. The van der Waals surface area contributed by atoms with Crippen LogP contribution in [-0.4, -0.2) is 28.1 Å². The minimum Gasteiger partial charge on any atom is -0.387 e. The highest BCUT2D eigenvalue weighted by Crippen LogP contribution is 2.33. The lowest BCUT2D eigenvalue weighted by atomic mass is 10.0. The molecule has 0 fully saturated rings. The molecule has 0 bridgehead atoms. The van der Waals surface area contributed by atoms with Crippen LogP contribution >= 0.6 is 34.8 Å². The molecule has 2 aromatic carbocycles. The molecule has 0 radical (unpaired) electrons. The molecule has 0 amide bonds. The first-order valence-electron chi connectivity index (χ1n) is 8.16. The summed E-state index contributed by atoms with van der Waals surface area (Å²) in [6, 6.07) is 11.3. The molecule has 1 aliphatic heterocycles.